The van der Waals surface area contributed by atoms with E-state index >= 15 is 0 Å². The van der Waals surface area contributed by atoms with Crippen molar-refractivity contribution in [2.75, 3.05) is 31.6 Å². The van der Waals surface area contributed by atoms with Crippen LogP contribution in [0, 0.1) is 5.92 Å². The van der Waals surface area contributed by atoms with Crippen molar-refractivity contribution in [2.45, 2.75) is 19.3 Å². The molecule has 2 aliphatic rings. The van der Waals surface area contributed by atoms with Crippen molar-refractivity contribution in [3.63, 3.8) is 0 Å². The Morgan fingerprint density at radius 1 is 1.19 bits per heavy atom. The van der Waals surface area contributed by atoms with E-state index in [0.717, 1.165) is 18.2 Å². The molecule has 26 heavy (non-hydrogen) atoms. The third-order valence-corrected chi connectivity index (χ3v) is 4.91. The highest BCUT2D eigenvalue weighted by atomic mass is 16.5. The molecule has 1 saturated heterocycles. The molecule has 1 aromatic heterocycles. The van der Waals surface area contributed by atoms with Gasteiger partial charge in [0.05, 0.1) is 13.2 Å². The van der Waals surface area contributed by atoms with Gasteiger partial charge in [0.15, 0.2) is 0 Å². The van der Waals surface area contributed by atoms with Crippen LogP contribution in [-0.2, 0) is 9.53 Å². The molecule has 1 aliphatic carbocycles. The summed E-state index contributed by atoms with van der Waals surface area (Å²) in [5.41, 5.74) is 1.07. The Morgan fingerprint density at radius 2 is 2.00 bits per heavy atom. The molecule has 2 aromatic rings. The number of anilines is 1. The number of fused-ring (bicyclic) bond motifs is 1. The van der Waals surface area contributed by atoms with Crippen LogP contribution >= 0.6 is 0 Å². The molecule has 6 nitrogen and oxygen atoms in total. The molecular formula is C20H22N2O4. The molecule has 0 bridgehead atoms. The Balaban J connectivity index is 1.61. The molecule has 1 fully saturated rings. The van der Waals surface area contributed by atoms with Crippen molar-refractivity contribution in [1.82, 2.24) is 4.90 Å². The predicted molar refractivity (Wildman–Crippen MR) is 98.0 cm³/mol. The van der Waals surface area contributed by atoms with Gasteiger partial charge in [0.2, 0.25) is 11.7 Å². The summed E-state index contributed by atoms with van der Waals surface area (Å²) in [5.74, 6) is 0.166. The summed E-state index contributed by atoms with van der Waals surface area (Å²) in [7, 11) is 0. The van der Waals surface area contributed by atoms with E-state index in [4.69, 9.17) is 9.15 Å². The van der Waals surface area contributed by atoms with Crippen molar-refractivity contribution in [3.05, 3.63) is 42.2 Å². The van der Waals surface area contributed by atoms with Crippen LogP contribution in [0.5, 0.6) is 0 Å². The van der Waals surface area contributed by atoms with E-state index in [9.17, 15) is 9.59 Å². The quantitative estimate of drug-likeness (QED) is 0.856. The number of allylic oxidation sites excluding steroid dienone is 2. The van der Waals surface area contributed by atoms with E-state index in [1.54, 1.807) is 11.0 Å². The summed E-state index contributed by atoms with van der Waals surface area (Å²) in [6, 6.07) is 7.39. The number of hydrogen-bond donors (Lipinski definition) is 1. The molecule has 0 radical (unpaired) electrons. The topological polar surface area (TPSA) is 71.8 Å². The number of amides is 2. The summed E-state index contributed by atoms with van der Waals surface area (Å²) < 4.78 is 11.1. The van der Waals surface area contributed by atoms with Gasteiger partial charge in [-0.25, -0.2) is 0 Å². The first-order valence-corrected chi connectivity index (χ1v) is 9.07. The number of nitrogens with one attached hydrogen (secondary N) is 1. The van der Waals surface area contributed by atoms with Crippen molar-refractivity contribution >= 4 is 28.5 Å². The maximum atomic E-state index is 12.9. The molecule has 136 valence electrons. The molecular weight excluding hydrogens is 332 g/mol. The van der Waals surface area contributed by atoms with Crippen LogP contribution < -0.4 is 5.32 Å². The van der Waals surface area contributed by atoms with Gasteiger partial charge < -0.3 is 19.4 Å². The number of para-hydroxylation sites is 1. The van der Waals surface area contributed by atoms with Crippen molar-refractivity contribution in [1.29, 1.82) is 0 Å². The summed E-state index contributed by atoms with van der Waals surface area (Å²) in [6.45, 7) is 2.08. The van der Waals surface area contributed by atoms with E-state index in [1.807, 2.05) is 18.2 Å². The third-order valence-electron chi connectivity index (χ3n) is 4.91. The highest BCUT2D eigenvalue weighted by Crippen LogP contribution is 2.32. The largest absolute Gasteiger partial charge is 0.449 e. The van der Waals surface area contributed by atoms with E-state index in [1.165, 1.54) is 0 Å². The van der Waals surface area contributed by atoms with Crippen LogP contribution in [0.2, 0.25) is 0 Å². The van der Waals surface area contributed by atoms with Gasteiger partial charge in [0, 0.05) is 24.9 Å². The standard InChI is InChI=1S/C20H22N2O4/c23-17(13-14-5-1-2-6-14)21-18-15-7-3-4-8-16(15)26-19(18)20(24)22-9-11-25-12-10-22/h1,3-5,7-8,14H,2,6,9-13H2,(H,21,23). The number of morpholine rings is 1. The smallest absolute Gasteiger partial charge is 0.291 e. The van der Waals surface area contributed by atoms with Crippen molar-refractivity contribution in [3.8, 4) is 0 Å². The summed E-state index contributed by atoms with van der Waals surface area (Å²) in [4.78, 5) is 27.2. The minimum atomic E-state index is -0.208. The third kappa shape index (κ3) is 3.37. The molecule has 1 unspecified atom stereocenters. The molecule has 2 amide bonds. The van der Waals surface area contributed by atoms with Crippen LogP contribution in [0.1, 0.15) is 29.8 Å². The average Bonchev–Trinajstić information content (AvgIpc) is 3.30. The summed E-state index contributed by atoms with van der Waals surface area (Å²) >= 11 is 0. The van der Waals surface area contributed by atoms with E-state index in [-0.39, 0.29) is 23.5 Å². The fourth-order valence-electron chi connectivity index (χ4n) is 3.52. The first-order chi connectivity index (χ1) is 12.7. The lowest BCUT2D eigenvalue weighted by atomic mass is 10.0. The monoisotopic (exact) mass is 354 g/mol. The molecule has 4 rings (SSSR count). The fraction of sp³-hybridized carbons (Fsp3) is 0.400. The van der Waals surface area contributed by atoms with Crippen molar-refractivity contribution < 1.29 is 18.7 Å². The first kappa shape index (κ1) is 16.8. The Hall–Kier alpha value is -2.60. The molecule has 0 saturated carbocycles. The van der Waals surface area contributed by atoms with Gasteiger partial charge >= 0.3 is 0 Å². The Labute approximate surface area is 151 Å². The predicted octanol–water partition coefficient (Wildman–Crippen LogP) is 3.20. The van der Waals surface area contributed by atoms with Crippen LogP contribution in [-0.4, -0.2) is 43.0 Å². The zero-order chi connectivity index (χ0) is 17.9. The van der Waals surface area contributed by atoms with Crippen LogP contribution in [0.15, 0.2) is 40.8 Å². The normalized spacial score (nSPS) is 19.8. The number of rotatable bonds is 4. The second-order valence-electron chi connectivity index (χ2n) is 6.72. The van der Waals surface area contributed by atoms with Crippen molar-refractivity contribution in [2.24, 2.45) is 5.92 Å². The maximum Gasteiger partial charge on any atom is 0.291 e. The Bertz CT molecular complexity index is 849. The van der Waals surface area contributed by atoms with Gasteiger partial charge in [0.1, 0.15) is 11.3 Å². The number of hydrogen-bond acceptors (Lipinski definition) is 4. The number of nitrogens with zero attached hydrogens (tertiary/aromatic N) is 1. The molecule has 1 N–H and O–H groups in total. The second kappa shape index (κ2) is 7.33. The van der Waals surface area contributed by atoms with E-state index < -0.39 is 0 Å². The highest BCUT2D eigenvalue weighted by Gasteiger charge is 2.28. The van der Waals surface area contributed by atoms with Gasteiger partial charge in [0.25, 0.3) is 5.91 Å². The first-order valence-electron chi connectivity index (χ1n) is 9.07. The minimum absolute atomic E-state index is 0.0934. The second-order valence-corrected chi connectivity index (χ2v) is 6.72. The molecule has 1 aromatic carbocycles. The van der Waals surface area contributed by atoms with Gasteiger partial charge in [-0.15, -0.1) is 0 Å². The lowest BCUT2D eigenvalue weighted by molar-refractivity contribution is -0.116. The lowest BCUT2D eigenvalue weighted by Gasteiger charge is -2.26. The van der Waals surface area contributed by atoms with Gasteiger partial charge in [-0.05, 0) is 30.9 Å². The Morgan fingerprint density at radius 3 is 2.77 bits per heavy atom. The maximum absolute atomic E-state index is 12.9. The molecule has 6 heteroatoms. The van der Waals surface area contributed by atoms with Crippen LogP contribution in [0.4, 0.5) is 5.69 Å². The fourth-order valence-corrected chi connectivity index (χ4v) is 3.52. The molecule has 1 atom stereocenters. The zero-order valence-electron chi connectivity index (χ0n) is 14.6. The molecule has 0 spiro atoms. The van der Waals surface area contributed by atoms with Crippen LogP contribution in [0.25, 0.3) is 11.0 Å². The number of carbonyl (C=O) groups is 2. The number of benzene rings is 1. The molecule has 1 aliphatic heterocycles. The number of furan rings is 1. The molecule has 2 heterocycles. The van der Waals surface area contributed by atoms with Crippen LogP contribution in [0.3, 0.4) is 0 Å². The van der Waals surface area contributed by atoms with Gasteiger partial charge in [-0.2, -0.15) is 0 Å². The zero-order valence-corrected chi connectivity index (χ0v) is 14.6. The highest BCUT2D eigenvalue weighted by molar-refractivity contribution is 6.10. The SMILES string of the molecule is O=C(CC1C=CCC1)Nc1c(C(=O)N2CCOCC2)oc2ccccc12. The number of carbonyl (C=O) groups excluding carboxylic acids is 2. The Kier molecular flexibility index (Phi) is 4.75. The number of ether oxygens (including phenoxy) is 1. The van der Waals surface area contributed by atoms with Gasteiger partial charge in [-0.3, -0.25) is 9.59 Å². The summed E-state index contributed by atoms with van der Waals surface area (Å²) in [6.07, 6.45) is 6.64. The van der Waals surface area contributed by atoms with E-state index in [2.05, 4.69) is 17.5 Å². The lowest BCUT2D eigenvalue weighted by Crippen LogP contribution is -2.40. The van der Waals surface area contributed by atoms with Gasteiger partial charge in [-0.1, -0.05) is 24.3 Å². The summed E-state index contributed by atoms with van der Waals surface area (Å²) in [5, 5.41) is 3.68. The van der Waals surface area contributed by atoms with E-state index in [0.29, 0.717) is 44.0 Å². The minimum Gasteiger partial charge on any atom is -0.449 e. The average molecular weight is 354 g/mol.